The Hall–Kier alpha value is -4.02. The molecule has 1 fully saturated rings. The first-order valence-electron chi connectivity index (χ1n) is 13.2. The molecule has 2 aromatic carbocycles. The van der Waals surface area contributed by atoms with Crippen molar-refractivity contribution in [3.8, 4) is 22.9 Å². The van der Waals surface area contributed by atoms with Crippen LogP contribution in [0.25, 0.3) is 16.9 Å². The van der Waals surface area contributed by atoms with Crippen LogP contribution in [0.15, 0.2) is 48.7 Å². The van der Waals surface area contributed by atoms with E-state index < -0.39 is 0 Å². The van der Waals surface area contributed by atoms with Gasteiger partial charge in [0, 0.05) is 56.0 Å². The quantitative estimate of drug-likeness (QED) is 0.329. The molecule has 3 heterocycles. The predicted molar refractivity (Wildman–Crippen MR) is 148 cm³/mol. The molecule has 0 radical (unpaired) electrons. The van der Waals surface area contributed by atoms with E-state index in [1.54, 1.807) is 22.8 Å². The third-order valence-corrected chi connectivity index (χ3v) is 6.76. The van der Waals surface area contributed by atoms with E-state index in [1.807, 2.05) is 39.0 Å². The van der Waals surface area contributed by atoms with Crippen LogP contribution < -0.4 is 15.4 Å². The van der Waals surface area contributed by atoms with Gasteiger partial charge in [-0.2, -0.15) is 0 Å². The fourth-order valence-corrected chi connectivity index (χ4v) is 4.63. The zero-order valence-electron chi connectivity index (χ0n) is 22.5. The Morgan fingerprint density at radius 3 is 2.69 bits per heavy atom. The summed E-state index contributed by atoms with van der Waals surface area (Å²) in [6, 6.07) is 11.9. The second-order valence-electron chi connectivity index (χ2n) is 9.56. The van der Waals surface area contributed by atoms with Crippen molar-refractivity contribution in [1.29, 1.82) is 0 Å². The van der Waals surface area contributed by atoms with E-state index in [1.165, 1.54) is 12.1 Å². The topological polar surface area (TPSA) is 93.0 Å². The number of benzene rings is 2. The summed E-state index contributed by atoms with van der Waals surface area (Å²) in [4.78, 5) is 19.4. The van der Waals surface area contributed by atoms with E-state index in [9.17, 15) is 9.18 Å². The van der Waals surface area contributed by atoms with Gasteiger partial charge in [0.1, 0.15) is 11.6 Å². The third kappa shape index (κ3) is 6.02. The molecule has 0 aliphatic carbocycles. The number of morpholine rings is 1. The van der Waals surface area contributed by atoms with Crippen LogP contribution in [0.2, 0.25) is 0 Å². The van der Waals surface area contributed by atoms with Gasteiger partial charge in [-0.1, -0.05) is 12.1 Å². The molecular formula is C29H33FN6O3. The Morgan fingerprint density at radius 1 is 1.10 bits per heavy atom. The van der Waals surface area contributed by atoms with Gasteiger partial charge in [-0.15, -0.1) is 5.10 Å². The molecule has 0 spiro atoms. The fraction of sp³-hybridized carbons (Fsp3) is 0.345. The lowest BCUT2D eigenvalue weighted by Crippen LogP contribution is -2.39. The van der Waals surface area contributed by atoms with E-state index in [0.29, 0.717) is 35.9 Å². The van der Waals surface area contributed by atoms with Crippen molar-refractivity contribution in [3.63, 3.8) is 0 Å². The number of carbonyl (C=O) groups excluding carboxylic acids is 1. The van der Waals surface area contributed by atoms with Gasteiger partial charge in [0.05, 0.1) is 30.8 Å². The highest BCUT2D eigenvalue weighted by Gasteiger charge is 2.17. The minimum Gasteiger partial charge on any atom is -0.437 e. The number of carbonyl (C=O) groups is 1. The van der Waals surface area contributed by atoms with Crippen molar-refractivity contribution in [2.24, 2.45) is 0 Å². The predicted octanol–water partition coefficient (Wildman–Crippen LogP) is 4.44. The number of fused-ring (bicyclic) bond motifs is 1. The Morgan fingerprint density at radius 2 is 1.92 bits per heavy atom. The van der Waals surface area contributed by atoms with Gasteiger partial charge in [-0.3, -0.25) is 9.69 Å². The van der Waals surface area contributed by atoms with Gasteiger partial charge in [0.25, 0.3) is 5.91 Å². The highest BCUT2D eigenvalue weighted by Crippen LogP contribution is 2.31. The largest absolute Gasteiger partial charge is 0.437 e. The smallest absolute Gasteiger partial charge is 0.251 e. The number of anilines is 1. The lowest BCUT2D eigenvalue weighted by Gasteiger charge is -2.26. The first-order chi connectivity index (χ1) is 18.9. The van der Waals surface area contributed by atoms with Crippen LogP contribution in [0.1, 0.15) is 28.4 Å². The number of rotatable bonds is 9. The van der Waals surface area contributed by atoms with E-state index in [4.69, 9.17) is 14.6 Å². The lowest BCUT2D eigenvalue weighted by molar-refractivity contribution is 0.0398. The maximum absolute atomic E-state index is 14.0. The van der Waals surface area contributed by atoms with Gasteiger partial charge < -0.3 is 20.1 Å². The standard InChI is InChI=1S/C29H33FN6O3/c1-4-31-29(37)23-8-6-21(15-20(23)3)25-18-33-28-24(32-9-10-35-11-13-38-14-12-35)17-27(34-36(25)28)39-26-16-22(30)7-5-19(26)2/h5-8,15-18,32H,4,9-14H2,1-3H3,(H,31,37). The summed E-state index contributed by atoms with van der Waals surface area (Å²) in [6.07, 6.45) is 1.76. The Bertz CT molecular complexity index is 1480. The molecule has 1 aliphatic rings. The van der Waals surface area contributed by atoms with Crippen LogP contribution in [-0.4, -0.2) is 71.3 Å². The molecule has 4 aromatic rings. The molecule has 0 unspecified atom stereocenters. The van der Waals surface area contributed by atoms with Gasteiger partial charge in [0.2, 0.25) is 5.88 Å². The number of imidazole rings is 1. The van der Waals surface area contributed by atoms with Crippen LogP contribution in [0.3, 0.4) is 0 Å². The molecular weight excluding hydrogens is 499 g/mol. The zero-order valence-corrected chi connectivity index (χ0v) is 22.5. The minimum absolute atomic E-state index is 0.106. The van der Waals surface area contributed by atoms with Crippen LogP contribution in [0, 0.1) is 19.7 Å². The molecule has 0 atom stereocenters. The van der Waals surface area contributed by atoms with Crippen LogP contribution in [0.5, 0.6) is 11.6 Å². The van der Waals surface area contributed by atoms with Gasteiger partial charge >= 0.3 is 0 Å². The van der Waals surface area contributed by atoms with E-state index in [-0.39, 0.29) is 11.7 Å². The molecule has 1 amide bonds. The molecule has 39 heavy (non-hydrogen) atoms. The van der Waals surface area contributed by atoms with E-state index in [2.05, 4.69) is 20.5 Å². The minimum atomic E-state index is -0.383. The van der Waals surface area contributed by atoms with Gasteiger partial charge in [0.15, 0.2) is 5.65 Å². The summed E-state index contributed by atoms with van der Waals surface area (Å²) in [5, 5.41) is 11.1. The average molecular weight is 533 g/mol. The molecule has 1 aliphatic heterocycles. The first kappa shape index (κ1) is 26.6. The molecule has 0 saturated carbocycles. The first-order valence-corrected chi connectivity index (χ1v) is 13.2. The molecule has 5 rings (SSSR count). The highest BCUT2D eigenvalue weighted by atomic mass is 19.1. The van der Waals surface area contributed by atoms with Crippen molar-refractivity contribution in [1.82, 2.24) is 24.8 Å². The Labute approximate surface area is 226 Å². The second-order valence-corrected chi connectivity index (χ2v) is 9.56. The maximum atomic E-state index is 14.0. The zero-order chi connectivity index (χ0) is 27.4. The second kappa shape index (κ2) is 11.8. The normalized spacial score (nSPS) is 13.9. The van der Waals surface area contributed by atoms with E-state index in [0.717, 1.165) is 60.9 Å². The SMILES string of the molecule is CCNC(=O)c1ccc(-c2cnc3c(NCCN4CCOCC4)cc(Oc4cc(F)ccc4C)nn23)cc1C. The fourth-order valence-electron chi connectivity index (χ4n) is 4.63. The monoisotopic (exact) mass is 532 g/mol. The Balaban J connectivity index is 1.50. The third-order valence-electron chi connectivity index (χ3n) is 6.76. The molecule has 1 saturated heterocycles. The number of halogens is 1. The van der Waals surface area contributed by atoms with Crippen LogP contribution >= 0.6 is 0 Å². The number of amides is 1. The number of aromatic nitrogens is 3. The molecule has 10 heteroatoms. The summed E-state index contributed by atoms with van der Waals surface area (Å²) in [5.41, 5.74) is 5.26. The van der Waals surface area contributed by atoms with Gasteiger partial charge in [-0.05, 0) is 50.1 Å². The molecule has 0 bridgehead atoms. The molecule has 204 valence electrons. The summed E-state index contributed by atoms with van der Waals surface area (Å²) < 4.78 is 27.2. The summed E-state index contributed by atoms with van der Waals surface area (Å²) in [5.74, 6) is 0.210. The molecule has 9 nitrogen and oxygen atoms in total. The maximum Gasteiger partial charge on any atom is 0.251 e. The molecule has 2 N–H and O–H groups in total. The number of nitrogens with one attached hydrogen (secondary N) is 2. The van der Waals surface area contributed by atoms with Crippen molar-refractivity contribution in [2.75, 3.05) is 51.3 Å². The molecule has 2 aromatic heterocycles. The summed E-state index contributed by atoms with van der Waals surface area (Å²) >= 11 is 0. The van der Waals surface area contributed by atoms with Crippen molar-refractivity contribution in [3.05, 3.63) is 71.2 Å². The number of hydrogen-bond donors (Lipinski definition) is 2. The average Bonchev–Trinajstić information content (AvgIpc) is 3.35. The Kier molecular flexibility index (Phi) is 8.04. The van der Waals surface area contributed by atoms with Crippen LogP contribution in [-0.2, 0) is 4.74 Å². The number of hydrogen-bond acceptors (Lipinski definition) is 7. The van der Waals surface area contributed by atoms with Gasteiger partial charge in [-0.25, -0.2) is 13.9 Å². The van der Waals surface area contributed by atoms with E-state index >= 15 is 0 Å². The summed E-state index contributed by atoms with van der Waals surface area (Å²) in [6.45, 7) is 11.1. The number of aryl methyl sites for hydroxylation is 2. The van der Waals surface area contributed by atoms with Crippen molar-refractivity contribution in [2.45, 2.75) is 20.8 Å². The lowest BCUT2D eigenvalue weighted by atomic mass is 10.0. The number of ether oxygens (including phenoxy) is 2. The number of nitrogens with zero attached hydrogens (tertiary/aromatic N) is 4. The van der Waals surface area contributed by atoms with Crippen molar-refractivity contribution < 1.29 is 18.7 Å². The van der Waals surface area contributed by atoms with Crippen LogP contribution in [0.4, 0.5) is 10.1 Å². The highest BCUT2D eigenvalue weighted by molar-refractivity contribution is 5.96. The summed E-state index contributed by atoms with van der Waals surface area (Å²) in [7, 11) is 0. The van der Waals surface area contributed by atoms with Crippen molar-refractivity contribution >= 4 is 17.2 Å².